The van der Waals surface area contributed by atoms with Crippen molar-refractivity contribution in [2.24, 2.45) is 5.10 Å². The predicted molar refractivity (Wildman–Crippen MR) is 131 cm³/mol. The number of nitrogens with zero attached hydrogens (tertiary/aromatic N) is 2. The van der Waals surface area contributed by atoms with Crippen LogP contribution in [0.2, 0.25) is 0 Å². The molecule has 3 aromatic carbocycles. The summed E-state index contributed by atoms with van der Waals surface area (Å²) in [7, 11) is -3.97. The number of hydrogen-bond acceptors (Lipinski definition) is 4. The van der Waals surface area contributed by atoms with Gasteiger partial charge in [-0.1, -0.05) is 64.0 Å². The van der Waals surface area contributed by atoms with Crippen LogP contribution < -0.4 is 9.73 Å². The van der Waals surface area contributed by atoms with Crippen molar-refractivity contribution in [1.82, 2.24) is 5.43 Å². The molecule has 3 rings (SSSR count). The summed E-state index contributed by atoms with van der Waals surface area (Å²) in [4.78, 5) is 12.9. The molecule has 32 heavy (non-hydrogen) atoms. The second kappa shape index (κ2) is 10.1. The topological polar surface area (TPSA) is 78.8 Å². The Kier molecular flexibility index (Phi) is 7.48. The Labute approximate surface area is 197 Å². The third kappa shape index (κ3) is 5.63. The number of sulfonamides is 1. The van der Waals surface area contributed by atoms with E-state index in [0.29, 0.717) is 11.4 Å². The van der Waals surface area contributed by atoms with E-state index in [-0.39, 0.29) is 4.90 Å². The van der Waals surface area contributed by atoms with Gasteiger partial charge in [-0.15, -0.1) is 0 Å². The number of rotatable bonds is 7. The molecule has 1 N–H and O–H groups in total. The molecule has 0 radical (unpaired) electrons. The molecule has 0 aliphatic carbocycles. The van der Waals surface area contributed by atoms with Crippen LogP contribution in [0.3, 0.4) is 0 Å². The summed E-state index contributed by atoms with van der Waals surface area (Å²) in [5.74, 6) is -0.543. The summed E-state index contributed by atoms with van der Waals surface area (Å²) in [5.41, 5.74) is 6.04. The molecule has 0 aromatic heterocycles. The highest BCUT2D eigenvalue weighted by Gasteiger charge is 2.28. The number of halogens is 1. The molecular weight excluding hydrogens is 490 g/mol. The number of nitrogens with one attached hydrogen (secondary N) is 1. The molecule has 0 saturated heterocycles. The molecule has 0 spiro atoms. The van der Waals surface area contributed by atoms with Crippen LogP contribution in [0.5, 0.6) is 0 Å². The van der Waals surface area contributed by atoms with Gasteiger partial charge in [-0.25, -0.2) is 13.8 Å². The quantitative estimate of drug-likeness (QED) is 0.364. The van der Waals surface area contributed by atoms with Gasteiger partial charge in [-0.05, 0) is 62.2 Å². The van der Waals surface area contributed by atoms with Gasteiger partial charge in [0, 0.05) is 4.47 Å². The highest BCUT2D eigenvalue weighted by Crippen LogP contribution is 2.26. The third-order valence-electron chi connectivity index (χ3n) is 4.87. The Morgan fingerprint density at radius 1 is 1.00 bits per heavy atom. The van der Waals surface area contributed by atoms with Crippen molar-refractivity contribution in [1.29, 1.82) is 0 Å². The number of carbonyl (C=O) groups is 1. The van der Waals surface area contributed by atoms with E-state index < -0.39 is 22.5 Å². The summed E-state index contributed by atoms with van der Waals surface area (Å²) in [6.45, 7) is 5.05. The summed E-state index contributed by atoms with van der Waals surface area (Å²) < 4.78 is 28.9. The van der Waals surface area contributed by atoms with Crippen LogP contribution in [0, 0.1) is 13.8 Å². The molecule has 0 aliphatic heterocycles. The highest BCUT2D eigenvalue weighted by molar-refractivity contribution is 9.10. The summed E-state index contributed by atoms with van der Waals surface area (Å²) in [5, 5.41) is 4.15. The van der Waals surface area contributed by atoms with Gasteiger partial charge in [0.15, 0.2) is 0 Å². The van der Waals surface area contributed by atoms with Crippen LogP contribution >= 0.6 is 15.9 Å². The minimum absolute atomic E-state index is 0.118. The fraction of sp³-hybridized carbons (Fsp3) is 0.167. The first-order valence-corrected chi connectivity index (χ1v) is 12.2. The first-order chi connectivity index (χ1) is 15.2. The average molecular weight is 514 g/mol. The van der Waals surface area contributed by atoms with E-state index in [0.717, 1.165) is 25.5 Å². The van der Waals surface area contributed by atoms with Crippen molar-refractivity contribution in [3.8, 4) is 0 Å². The standard InChI is InChI=1S/C24H24BrN3O3S/c1-17-11-13-22(14-12-17)32(30,31)28(23-10-5-4-7-18(23)2)16-24(29)27-26-19(3)20-8-6-9-21(25)15-20/h4-15H,16H2,1-3H3,(H,27,29)/b26-19+. The van der Waals surface area contributed by atoms with Crippen LogP contribution in [0.1, 0.15) is 23.6 Å². The van der Waals surface area contributed by atoms with Crippen molar-refractivity contribution >= 4 is 43.3 Å². The van der Waals surface area contributed by atoms with E-state index in [2.05, 4.69) is 26.5 Å². The maximum absolute atomic E-state index is 13.4. The molecule has 0 unspecified atom stereocenters. The van der Waals surface area contributed by atoms with Gasteiger partial charge >= 0.3 is 0 Å². The first kappa shape index (κ1) is 23.7. The van der Waals surface area contributed by atoms with Crippen molar-refractivity contribution in [3.63, 3.8) is 0 Å². The lowest BCUT2D eigenvalue weighted by molar-refractivity contribution is -0.119. The van der Waals surface area contributed by atoms with Gasteiger partial charge in [0.25, 0.3) is 15.9 Å². The molecule has 0 atom stereocenters. The maximum Gasteiger partial charge on any atom is 0.264 e. The predicted octanol–water partition coefficient (Wildman–Crippen LogP) is 4.80. The first-order valence-electron chi connectivity index (χ1n) is 9.92. The maximum atomic E-state index is 13.4. The Bertz CT molecular complexity index is 1260. The van der Waals surface area contributed by atoms with Crippen molar-refractivity contribution in [3.05, 3.63) is 94.0 Å². The molecule has 0 saturated carbocycles. The van der Waals surface area contributed by atoms with E-state index in [1.54, 1.807) is 56.3 Å². The van der Waals surface area contributed by atoms with Gasteiger partial charge in [0.2, 0.25) is 0 Å². The van der Waals surface area contributed by atoms with Crippen molar-refractivity contribution in [2.45, 2.75) is 25.7 Å². The molecule has 1 amide bonds. The number of amides is 1. The molecule has 0 heterocycles. The molecule has 166 valence electrons. The molecule has 8 heteroatoms. The van der Waals surface area contributed by atoms with E-state index in [4.69, 9.17) is 0 Å². The van der Waals surface area contributed by atoms with Crippen LogP contribution in [-0.4, -0.2) is 26.6 Å². The fourth-order valence-electron chi connectivity index (χ4n) is 3.07. The number of benzene rings is 3. The Balaban J connectivity index is 1.89. The van der Waals surface area contributed by atoms with Crippen molar-refractivity contribution in [2.75, 3.05) is 10.8 Å². The lowest BCUT2D eigenvalue weighted by Crippen LogP contribution is -2.40. The molecule has 6 nitrogen and oxygen atoms in total. The minimum atomic E-state index is -3.97. The van der Waals surface area contributed by atoms with Crippen LogP contribution in [0.4, 0.5) is 5.69 Å². The van der Waals surface area contributed by atoms with Crippen LogP contribution in [0.25, 0.3) is 0 Å². The second-order valence-corrected chi connectivity index (χ2v) is 10.1. The molecule has 0 aliphatic rings. The summed E-state index contributed by atoms with van der Waals surface area (Å²) >= 11 is 3.41. The largest absolute Gasteiger partial charge is 0.271 e. The van der Waals surface area contributed by atoms with Crippen LogP contribution in [-0.2, 0) is 14.8 Å². The monoisotopic (exact) mass is 513 g/mol. The smallest absolute Gasteiger partial charge is 0.264 e. The third-order valence-corrected chi connectivity index (χ3v) is 7.14. The minimum Gasteiger partial charge on any atom is -0.271 e. The summed E-state index contributed by atoms with van der Waals surface area (Å²) in [6, 6.07) is 21.1. The molecule has 3 aromatic rings. The fourth-order valence-corrected chi connectivity index (χ4v) is 4.96. The lowest BCUT2D eigenvalue weighted by atomic mass is 10.1. The molecule has 0 bridgehead atoms. The van der Waals surface area contributed by atoms with Gasteiger partial charge in [-0.3, -0.25) is 9.10 Å². The number of carbonyl (C=O) groups excluding carboxylic acids is 1. The zero-order valence-corrected chi connectivity index (χ0v) is 20.4. The Morgan fingerprint density at radius 2 is 1.69 bits per heavy atom. The lowest BCUT2D eigenvalue weighted by Gasteiger charge is -2.25. The average Bonchev–Trinajstić information content (AvgIpc) is 2.76. The van der Waals surface area contributed by atoms with Gasteiger partial charge in [-0.2, -0.15) is 5.10 Å². The zero-order chi connectivity index (χ0) is 23.3. The van der Waals surface area contributed by atoms with Crippen LogP contribution in [0.15, 0.2) is 87.3 Å². The van der Waals surface area contributed by atoms with E-state index >= 15 is 0 Å². The van der Waals surface area contributed by atoms with Gasteiger partial charge < -0.3 is 0 Å². The SMILES string of the molecule is C/C(=N\NC(=O)CN(c1ccccc1C)S(=O)(=O)c1ccc(C)cc1)c1cccc(Br)c1. The van der Waals surface area contributed by atoms with Gasteiger partial charge in [0.05, 0.1) is 16.3 Å². The normalized spacial score (nSPS) is 11.8. The van der Waals surface area contributed by atoms with E-state index in [1.807, 2.05) is 37.3 Å². The number of hydrogen-bond donors (Lipinski definition) is 1. The number of anilines is 1. The van der Waals surface area contributed by atoms with E-state index in [9.17, 15) is 13.2 Å². The van der Waals surface area contributed by atoms with Crippen molar-refractivity contribution < 1.29 is 13.2 Å². The number of hydrazone groups is 1. The molecular formula is C24H24BrN3O3S. The van der Waals surface area contributed by atoms with Gasteiger partial charge in [0.1, 0.15) is 6.54 Å². The molecule has 0 fully saturated rings. The number of para-hydroxylation sites is 1. The zero-order valence-electron chi connectivity index (χ0n) is 18.0. The number of aryl methyl sites for hydroxylation is 2. The summed E-state index contributed by atoms with van der Waals surface area (Å²) in [6.07, 6.45) is 0. The Morgan fingerprint density at radius 3 is 2.34 bits per heavy atom. The Hall–Kier alpha value is -2.97. The highest BCUT2D eigenvalue weighted by atomic mass is 79.9. The second-order valence-electron chi connectivity index (χ2n) is 7.35. The van der Waals surface area contributed by atoms with E-state index in [1.165, 1.54) is 0 Å².